The number of fused-ring (bicyclic) bond motifs is 1. The van der Waals surface area contributed by atoms with Gasteiger partial charge in [-0.2, -0.15) is 0 Å². The molecular weight excluding hydrogens is 482 g/mol. The van der Waals surface area contributed by atoms with Gasteiger partial charge in [0.15, 0.2) is 23.6 Å². The average Bonchev–Trinajstić information content (AvgIpc) is 3.13. The Bertz CT molecular complexity index is 1110. The van der Waals surface area contributed by atoms with Crippen molar-refractivity contribution in [1.82, 2.24) is 19.5 Å². The molecule has 0 spiro atoms. The molecule has 7 N–H and O–H groups in total. The molecule has 2 aromatic heterocycles. The van der Waals surface area contributed by atoms with Crippen LogP contribution < -0.4 is 5.73 Å². The molecule has 2 aromatic rings. The second-order valence-electron chi connectivity index (χ2n) is 6.49. The van der Waals surface area contributed by atoms with E-state index in [1.54, 1.807) is 0 Å². The van der Waals surface area contributed by atoms with Crippen molar-refractivity contribution in [3.8, 4) is 0 Å². The van der Waals surface area contributed by atoms with Crippen molar-refractivity contribution in [3.05, 3.63) is 12.7 Å². The van der Waals surface area contributed by atoms with E-state index in [0.717, 1.165) is 6.33 Å². The smallest absolute Gasteiger partial charge is 0.346 e. The molecule has 170 valence electrons. The summed E-state index contributed by atoms with van der Waals surface area (Å²) in [6, 6.07) is 0. The standard InChI is InChI=1S/C11H17BN5O11P3/c12-31(25,28-30(23,24)4-29(20,21)22)26-1-5-7(18)8(19)11(27-5)17-3-16-6-9(13)14-2-15-10(6)17/h2-3,5,7-8,11,18-19H,1,4H2,(H,23,24)(H2,13,14,15)(H2,20,21,22)/t5-,7-,8-,11-,31-/m1/s1. The minimum Gasteiger partial charge on any atom is -0.387 e. The van der Waals surface area contributed by atoms with Gasteiger partial charge in [0, 0.05) is 0 Å². The third-order valence-corrected chi connectivity index (χ3v) is 9.37. The van der Waals surface area contributed by atoms with Crippen LogP contribution in [0.2, 0.25) is 0 Å². The first-order valence-electron chi connectivity index (χ1n) is 8.24. The van der Waals surface area contributed by atoms with E-state index in [1.165, 1.54) is 10.9 Å². The fourth-order valence-electron chi connectivity index (χ4n) is 2.79. The predicted octanol–water partition coefficient (Wildman–Crippen LogP) is -1.34. The molecule has 1 saturated heterocycles. The van der Waals surface area contributed by atoms with Crippen molar-refractivity contribution in [2.75, 3.05) is 18.2 Å². The number of aliphatic hydroxyl groups excluding tert-OH is 2. The Morgan fingerprint density at radius 2 is 1.84 bits per heavy atom. The van der Waals surface area contributed by atoms with Gasteiger partial charge >= 0.3 is 15.2 Å². The molecule has 3 rings (SSSR count). The normalized spacial score (nSPS) is 28.4. The number of rotatable bonds is 8. The van der Waals surface area contributed by atoms with Crippen molar-refractivity contribution in [3.63, 3.8) is 0 Å². The number of ether oxygens (including phenoxy) is 1. The molecule has 0 aliphatic carbocycles. The maximum atomic E-state index is 12.1. The Morgan fingerprint density at radius 1 is 1.16 bits per heavy atom. The first-order chi connectivity index (χ1) is 14.2. The van der Waals surface area contributed by atoms with Gasteiger partial charge in [-0.05, 0) is 0 Å². The lowest BCUT2D eigenvalue weighted by atomic mass is 10.1. The molecule has 0 bridgehead atoms. The SMILES string of the molecule is [B][P@@](=O)(OC[C@H]1O[C@@H](n2cnc3c(N)ncnc32)[C@H](O)[C@@H]1O)OP(=O)(O)CP(=O)(O)O. The largest absolute Gasteiger partial charge is 0.387 e. The quantitative estimate of drug-likeness (QED) is 0.182. The second kappa shape index (κ2) is 8.62. The van der Waals surface area contributed by atoms with Crippen LogP contribution in [-0.4, -0.2) is 82.8 Å². The highest BCUT2D eigenvalue weighted by atomic mass is 31.3. The number of aromatic nitrogens is 4. The van der Waals surface area contributed by atoms with Gasteiger partial charge in [-0.1, -0.05) is 0 Å². The molecule has 2 radical (unpaired) electrons. The van der Waals surface area contributed by atoms with Gasteiger partial charge in [0.2, 0.25) is 7.57 Å². The molecule has 1 unspecified atom stereocenters. The Labute approximate surface area is 175 Å². The van der Waals surface area contributed by atoms with E-state index in [1.807, 2.05) is 0 Å². The number of imidazole rings is 1. The summed E-state index contributed by atoms with van der Waals surface area (Å²) in [7, 11) is -9.69. The predicted molar refractivity (Wildman–Crippen MR) is 103 cm³/mol. The number of anilines is 1. The maximum Gasteiger partial charge on any atom is 0.346 e. The van der Waals surface area contributed by atoms with Gasteiger partial charge in [-0.3, -0.25) is 18.3 Å². The number of nitrogens with two attached hydrogens (primary N) is 1. The molecule has 6 atom stereocenters. The van der Waals surface area contributed by atoms with E-state index < -0.39 is 59.7 Å². The fraction of sp³-hybridized carbons (Fsp3) is 0.545. The van der Waals surface area contributed by atoms with E-state index in [-0.39, 0.29) is 17.0 Å². The number of hydrogen-bond acceptors (Lipinski definition) is 12. The van der Waals surface area contributed by atoms with Gasteiger partial charge in [0.1, 0.15) is 30.2 Å². The third-order valence-electron chi connectivity index (χ3n) is 4.02. The highest BCUT2D eigenvalue weighted by Crippen LogP contribution is 2.64. The average molecular weight is 499 g/mol. The molecule has 16 nitrogen and oxygen atoms in total. The first-order valence-corrected chi connectivity index (χ1v) is 13.4. The van der Waals surface area contributed by atoms with Crippen LogP contribution in [0.3, 0.4) is 0 Å². The van der Waals surface area contributed by atoms with E-state index in [4.69, 9.17) is 32.3 Å². The lowest BCUT2D eigenvalue weighted by molar-refractivity contribution is -0.0478. The number of nitrogens with zero attached hydrogens (tertiary/aromatic N) is 4. The molecule has 1 aliphatic rings. The second-order valence-corrected chi connectivity index (χ2v) is 12.2. The highest BCUT2D eigenvalue weighted by molar-refractivity contribution is 7.85. The van der Waals surface area contributed by atoms with Gasteiger partial charge in [-0.25, -0.2) is 19.3 Å². The minimum atomic E-state index is -5.08. The molecule has 0 amide bonds. The topological polar surface area (TPSA) is 250 Å². The number of nitrogen functional groups attached to an aromatic ring is 1. The monoisotopic (exact) mass is 499 g/mol. The molecule has 1 aliphatic heterocycles. The number of aliphatic hydroxyl groups is 2. The summed E-state index contributed by atoms with van der Waals surface area (Å²) in [5.41, 5.74) is 6.10. The summed E-state index contributed by atoms with van der Waals surface area (Å²) in [5.74, 6) is -1.56. The summed E-state index contributed by atoms with van der Waals surface area (Å²) in [6.07, 6.45) is -3.28. The minimum absolute atomic E-state index is 0.0710. The van der Waals surface area contributed by atoms with Crippen molar-refractivity contribution < 1.29 is 52.2 Å². The highest BCUT2D eigenvalue weighted by Gasteiger charge is 2.45. The van der Waals surface area contributed by atoms with Crippen LogP contribution >= 0.6 is 22.7 Å². The Kier molecular flexibility index (Phi) is 6.79. The van der Waals surface area contributed by atoms with Gasteiger partial charge in [0.05, 0.1) is 12.9 Å². The summed E-state index contributed by atoms with van der Waals surface area (Å²) in [4.78, 5) is 38.7. The van der Waals surface area contributed by atoms with Crippen molar-refractivity contribution in [1.29, 1.82) is 0 Å². The Balaban J connectivity index is 1.69. The zero-order valence-corrected chi connectivity index (χ0v) is 18.0. The summed E-state index contributed by atoms with van der Waals surface area (Å²) >= 11 is 0. The third kappa shape index (κ3) is 5.78. The van der Waals surface area contributed by atoms with Crippen LogP contribution in [-0.2, 0) is 27.3 Å². The van der Waals surface area contributed by atoms with Crippen molar-refractivity contribution in [2.24, 2.45) is 0 Å². The Morgan fingerprint density at radius 3 is 2.48 bits per heavy atom. The first kappa shape index (κ1) is 24.4. The summed E-state index contributed by atoms with van der Waals surface area (Å²) < 4.78 is 50.3. The lowest BCUT2D eigenvalue weighted by Gasteiger charge is -2.21. The molecule has 31 heavy (non-hydrogen) atoms. The summed E-state index contributed by atoms with van der Waals surface area (Å²) in [6.45, 7) is -0.776. The van der Waals surface area contributed by atoms with E-state index in [9.17, 15) is 28.8 Å². The van der Waals surface area contributed by atoms with Crippen LogP contribution in [0.5, 0.6) is 0 Å². The van der Waals surface area contributed by atoms with E-state index in [2.05, 4.69) is 19.3 Å². The van der Waals surface area contributed by atoms with Gasteiger partial charge < -0.3 is 39.9 Å². The maximum absolute atomic E-state index is 12.1. The van der Waals surface area contributed by atoms with Crippen LogP contribution in [0.4, 0.5) is 5.82 Å². The molecule has 20 heteroatoms. The molecule has 1 fully saturated rings. The fourth-order valence-corrected chi connectivity index (χ4v) is 7.29. The summed E-state index contributed by atoms with van der Waals surface area (Å²) in [5, 5.41) is 20.5. The van der Waals surface area contributed by atoms with Crippen LogP contribution in [0.25, 0.3) is 11.2 Å². The van der Waals surface area contributed by atoms with Crippen molar-refractivity contribution >= 4 is 47.2 Å². The van der Waals surface area contributed by atoms with E-state index >= 15 is 0 Å². The lowest BCUT2D eigenvalue weighted by Crippen LogP contribution is -2.33. The Hall–Kier alpha value is -1.22. The zero-order chi connectivity index (χ0) is 23.2. The van der Waals surface area contributed by atoms with E-state index in [0.29, 0.717) is 0 Å². The number of hydrogen-bond donors (Lipinski definition) is 6. The van der Waals surface area contributed by atoms with Crippen LogP contribution in [0.1, 0.15) is 6.23 Å². The molecular formula is C11H17BN5O11P3. The molecule has 0 saturated carbocycles. The van der Waals surface area contributed by atoms with Gasteiger partial charge in [0.25, 0.3) is 7.47 Å². The zero-order valence-electron chi connectivity index (χ0n) is 15.3. The van der Waals surface area contributed by atoms with Crippen molar-refractivity contribution in [2.45, 2.75) is 24.5 Å². The van der Waals surface area contributed by atoms with Crippen LogP contribution in [0.15, 0.2) is 12.7 Å². The molecule has 0 aromatic carbocycles. The van der Waals surface area contributed by atoms with Gasteiger partial charge in [-0.15, -0.1) is 0 Å². The van der Waals surface area contributed by atoms with Crippen LogP contribution in [0, 0.1) is 0 Å². The molecule has 3 heterocycles.